The second-order valence-corrected chi connectivity index (χ2v) is 7.85. The van der Waals surface area contributed by atoms with Crippen LogP contribution in [0.5, 0.6) is 0 Å². The van der Waals surface area contributed by atoms with Crippen LogP contribution in [-0.2, 0) is 10.0 Å². The minimum Gasteiger partial charge on any atom is -0.349 e. The molecule has 2 N–H and O–H groups in total. The molecule has 5 nitrogen and oxygen atoms in total. The fourth-order valence-corrected chi connectivity index (χ4v) is 4.00. The molecular formula is C17H26N2O3S. The van der Waals surface area contributed by atoms with Gasteiger partial charge in [-0.05, 0) is 37.5 Å². The second kappa shape index (κ2) is 8.45. The van der Waals surface area contributed by atoms with Crippen molar-refractivity contribution in [3.63, 3.8) is 0 Å². The summed E-state index contributed by atoms with van der Waals surface area (Å²) < 4.78 is 26.8. The summed E-state index contributed by atoms with van der Waals surface area (Å²) in [6.07, 6.45) is 7.46. The van der Waals surface area contributed by atoms with Crippen molar-refractivity contribution in [1.82, 2.24) is 10.0 Å². The maximum Gasteiger partial charge on any atom is 0.251 e. The molecule has 0 aromatic heterocycles. The van der Waals surface area contributed by atoms with Crippen molar-refractivity contribution in [2.24, 2.45) is 0 Å². The van der Waals surface area contributed by atoms with Gasteiger partial charge in [-0.15, -0.1) is 0 Å². The van der Waals surface area contributed by atoms with Crippen LogP contribution in [0.4, 0.5) is 0 Å². The summed E-state index contributed by atoms with van der Waals surface area (Å²) in [5.74, 6) is -0.190. The van der Waals surface area contributed by atoms with Crippen LogP contribution in [0.2, 0.25) is 0 Å². The minimum atomic E-state index is -3.55. The molecule has 0 spiro atoms. The van der Waals surface area contributed by atoms with Crippen LogP contribution in [0.1, 0.15) is 62.2 Å². The van der Waals surface area contributed by atoms with Crippen LogP contribution in [0, 0.1) is 0 Å². The normalized spacial score (nSPS) is 16.7. The summed E-state index contributed by atoms with van der Waals surface area (Å²) in [6.45, 7) is 2.29. The van der Waals surface area contributed by atoms with Gasteiger partial charge in [0.2, 0.25) is 10.0 Å². The molecule has 1 amide bonds. The Hall–Kier alpha value is -1.40. The Balaban J connectivity index is 2.07. The first-order chi connectivity index (χ1) is 11.0. The molecule has 1 aromatic rings. The number of sulfonamides is 1. The van der Waals surface area contributed by atoms with E-state index in [9.17, 15) is 13.2 Å². The van der Waals surface area contributed by atoms with Crippen LogP contribution in [-0.4, -0.2) is 26.9 Å². The van der Waals surface area contributed by atoms with Crippen molar-refractivity contribution in [2.45, 2.75) is 62.8 Å². The smallest absolute Gasteiger partial charge is 0.251 e. The van der Waals surface area contributed by atoms with Gasteiger partial charge in [-0.1, -0.05) is 38.7 Å². The first-order valence-corrected chi connectivity index (χ1v) is 9.92. The number of hydrogen-bond donors (Lipinski definition) is 2. The number of nitrogens with one attached hydrogen (secondary N) is 2. The van der Waals surface area contributed by atoms with E-state index in [0.717, 1.165) is 32.1 Å². The molecule has 128 valence electrons. The van der Waals surface area contributed by atoms with Gasteiger partial charge >= 0.3 is 0 Å². The summed E-state index contributed by atoms with van der Waals surface area (Å²) in [4.78, 5) is 12.5. The molecule has 2 rings (SSSR count). The van der Waals surface area contributed by atoms with Crippen molar-refractivity contribution >= 4 is 15.9 Å². The Kier molecular flexibility index (Phi) is 6.59. The number of amides is 1. The van der Waals surface area contributed by atoms with Gasteiger partial charge in [0.1, 0.15) is 0 Å². The van der Waals surface area contributed by atoms with Gasteiger partial charge in [0.05, 0.1) is 4.90 Å². The molecule has 1 aliphatic rings. The Morgan fingerprint density at radius 1 is 1.17 bits per heavy atom. The van der Waals surface area contributed by atoms with Crippen molar-refractivity contribution in [3.8, 4) is 0 Å². The first kappa shape index (κ1) is 17.9. The Morgan fingerprint density at radius 2 is 1.87 bits per heavy atom. The van der Waals surface area contributed by atoms with E-state index in [2.05, 4.69) is 10.0 Å². The highest BCUT2D eigenvalue weighted by molar-refractivity contribution is 7.89. The quantitative estimate of drug-likeness (QED) is 0.783. The molecule has 0 heterocycles. The molecule has 1 aliphatic carbocycles. The fourth-order valence-electron chi connectivity index (χ4n) is 2.82. The zero-order valence-corrected chi connectivity index (χ0v) is 14.5. The number of carbonyl (C=O) groups excluding carboxylic acids is 1. The predicted molar refractivity (Wildman–Crippen MR) is 90.9 cm³/mol. The summed E-state index contributed by atoms with van der Waals surface area (Å²) in [5.41, 5.74) is 0.397. The van der Waals surface area contributed by atoms with E-state index in [1.807, 2.05) is 6.92 Å². The highest BCUT2D eigenvalue weighted by atomic mass is 32.2. The monoisotopic (exact) mass is 338 g/mol. The van der Waals surface area contributed by atoms with E-state index < -0.39 is 10.0 Å². The third kappa shape index (κ3) is 5.32. The Labute approximate surface area is 138 Å². The van der Waals surface area contributed by atoms with E-state index in [1.165, 1.54) is 25.0 Å². The van der Waals surface area contributed by atoms with Crippen LogP contribution in [0.3, 0.4) is 0 Å². The highest BCUT2D eigenvalue weighted by Gasteiger charge is 2.18. The van der Waals surface area contributed by atoms with E-state index in [4.69, 9.17) is 0 Å². The third-order valence-electron chi connectivity index (χ3n) is 4.14. The largest absolute Gasteiger partial charge is 0.349 e. The van der Waals surface area contributed by atoms with Gasteiger partial charge in [0, 0.05) is 18.2 Å². The highest BCUT2D eigenvalue weighted by Crippen LogP contribution is 2.18. The Morgan fingerprint density at radius 3 is 2.52 bits per heavy atom. The minimum absolute atomic E-state index is 0.138. The molecule has 0 radical (unpaired) electrons. The summed E-state index contributed by atoms with van der Waals surface area (Å²) in [5, 5.41) is 3.04. The van der Waals surface area contributed by atoms with E-state index in [1.54, 1.807) is 12.1 Å². The zero-order valence-electron chi connectivity index (χ0n) is 13.7. The SMILES string of the molecule is CCCNS(=O)(=O)c1cccc(C(=O)NC2CCCCCC2)c1. The second-order valence-electron chi connectivity index (χ2n) is 6.09. The number of hydrogen-bond acceptors (Lipinski definition) is 3. The lowest BCUT2D eigenvalue weighted by Gasteiger charge is -2.16. The van der Waals surface area contributed by atoms with Gasteiger partial charge < -0.3 is 5.32 Å². The van der Waals surface area contributed by atoms with Crippen LogP contribution in [0.25, 0.3) is 0 Å². The fraction of sp³-hybridized carbons (Fsp3) is 0.588. The average molecular weight is 338 g/mol. The lowest BCUT2D eigenvalue weighted by molar-refractivity contribution is 0.0933. The maximum atomic E-state index is 12.4. The van der Waals surface area contributed by atoms with E-state index >= 15 is 0 Å². The van der Waals surface area contributed by atoms with Gasteiger partial charge in [0.15, 0.2) is 0 Å². The molecule has 1 fully saturated rings. The third-order valence-corrected chi connectivity index (χ3v) is 5.60. The van der Waals surface area contributed by atoms with Crippen LogP contribution >= 0.6 is 0 Å². The molecule has 23 heavy (non-hydrogen) atoms. The number of rotatable bonds is 6. The van der Waals surface area contributed by atoms with Crippen molar-refractivity contribution in [2.75, 3.05) is 6.54 Å². The van der Waals surface area contributed by atoms with Gasteiger partial charge in [0.25, 0.3) is 5.91 Å². The summed E-state index contributed by atoms with van der Waals surface area (Å²) >= 11 is 0. The van der Waals surface area contributed by atoms with Crippen molar-refractivity contribution < 1.29 is 13.2 Å². The van der Waals surface area contributed by atoms with E-state index in [0.29, 0.717) is 12.1 Å². The van der Waals surface area contributed by atoms with Crippen LogP contribution < -0.4 is 10.0 Å². The first-order valence-electron chi connectivity index (χ1n) is 8.43. The van der Waals surface area contributed by atoms with Crippen LogP contribution in [0.15, 0.2) is 29.2 Å². The maximum absolute atomic E-state index is 12.4. The van der Waals surface area contributed by atoms with Gasteiger partial charge in [-0.25, -0.2) is 13.1 Å². The molecule has 1 saturated carbocycles. The lowest BCUT2D eigenvalue weighted by Crippen LogP contribution is -2.34. The average Bonchev–Trinajstić information content (AvgIpc) is 2.82. The van der Waals surface area contributed by atoms with E-state index in [-0.39, 0.29) is 16.8 Å². The summed E-state index contributed by atoms with van der Waals surface area (Å²) in [6, 6.07) is 6.43. The summed E-state index contributed by atoms with van der Waals surface area (Å²) in [7, 11) is -3.55. The van der Waals surface area contributed by atoms with Gasteiger partial charge in [-0.2, -0.15) is 0 Å². The standard InChI is InChI=1S/C17H26N2O3S/c1-2-12-18-23(21,22)16-11-7-8-14(13-16)17(20)19-15-9-5-3-4-6-10-15/h7-8,11,13,15,18H,2-6,9-10,12H2,1H3,(H,19,20). The van der Waals surface area contributed by atoms with Crippen molar-refractivity contribution in [1.29, 1.82) is 0 Å². The Bertz CT molecular complexity index is 620. The number of carbonyl (C=O) groups is 1. The topological polar surface area (TPSA) is 75.3 Å². The molecular weight excluding hydrogens is 312 g/mol. The number of benzene rings is 1. The molecule has 1 aromatic carbocycles. The molecule has 0 unspecified atom stereocenters. The molecule has 0 aliphatic heterocycles. The van der Waals surface area contributed by atoms with Crippen molar-refractivity contribution in [3.05, 3.63) is 29.8 Å². The molecule has 0 saturated heterocycles. The molecule has 0 bridgehead atoms. The van der Waals surface area contributed by atoms with Gasteiger partial charge in [-0.3, -0.25) is 4.79 Å². The zero-order chi connectivity index (χ0) is 16.7. The lowest BCUT2D eigenvalue weighted by atomic mass is 10.1. The predicted octanol–water partition coefficient (Wildman–Crippen LogP) is 2.83. The molecule has 6 heteroatoms. The molecule has 0 atom stereocenters.